The lowest BCUT2D eigenvalue weighted by Crippen LogP contribution is -2.57. The lowest BCUT2D eigenvalue weighted by atomic mass is 10.1. The van der Waals surface area contributed by atoms with Crippen LogP contribution in [0.3, 0.4) is 0 Å². The molecule has 2 N–H and O–H groups in total. The van der Waals surface area contributed by atoms with E-state index in [-0.39, 0.29) is 42.2 Å². The highest BCUT2D eigenvalue weighted by Crippen LogP contribution is 2.29. The normalized spacial score (nSPS) is 23.0. The summed E-state index contributed by atoms with van der Waals surface area (Å²) in [7, 11) is 3.05. The number of amides is 2. The molecule has 2 atom stereocenters. The predicted molar refractivity (Wildman–Crippen MR) is 117 cm³/mol. The number of halogens is 1. The second-order valence-corrected chi connectivity index (χ2v) is 8.35. The van der Waals surface area contributed by atoms with Gasteiger partial charge >= 0.3 is 0 Å². The number of aliphatic imine (C=N–C) groups is 1. The van der Waals surface area contributed by atoms with Crippen LogP contribution in [0.4, 0.5) is 4.39 Å². The molecule has 1 aromatic heterocycles. The minimum atomic E-state index is -1.02. The molecule has 2 aliphatic rings. The summed E-state index contributed by atoms with van der Waals surface area (Å²) < 4.78 is 13.7. The van der Waals surface area contributed by atoms with E-state index >= 15 is 0 Å². The Morgan fingerprint density at radius 3 is 2.73 bits per heavy atom. The number of rotatable bonds is 5. The van der Waals surface area contributed by atoms with E-state index in [1.807, 2.05) is 0 Å². The Morgan fingerprint density at radius 2 is 2.06 bits per heavy atom. The van der Waals surface area contributed by atoms with E-state index in [0.29, 0.717) is 24.9 Å². The number of aryl methyl sites for hydroxylation is 1. The Morgan fingerprint density at radius 1 is 1.33 bits per heavy atom. The maximum Gasteiger partial charge on any atom is 0.290 e. The number of aliphatic hydroxyl groups excluding tert-OH is 1. The number of hydrogen-bond donors (Lipinski definition) is 2. The molecular formula is C22H25FN6O4. The van der Waals surface area contributed by atoms with Crippen molar-refractivity contribution in [3.05, 3.63) is 70.5 Å². The third-order valence-electron chi connectivity index (χ3n) is 5.84. The van der Waals surface area contributed by atoms with Gasteiger partial charge < -0.3 is 29.7 Å². The first-order valence-corrected chi connectivity index (χ1v) is 10.6. The van der Waals surface area contributed by atoms with Crippen molar-refractivity contribution >= 4 is 17.6 Å². The van der Waals surface area contributed by atoms with Gasteiger partial charge in [-0.1, -0.05) is 12.1 Å². The standard InChI is InChI=1S/C22H25FN6O4/c1-27-11-9-24-19(27)22(32)28-10-3-4-16(28)20-26-18(17(30)13-29(20,2)33)21(31)25-12-14-5-7-15(23)8-6-14/h5-9,11,16,30H,3-4,10,12-13H2,1-2H3,(H,25,31). The highest BCUT2D eigenvalue weighted by molar-refractivity contribution is 6.00. The Labute approximate surface area is 189 Å². The summed E-state index contributed by atoms with van der Waals surface area (Å²) in [5.41, 5.74) is 0.409. The zero-order chi connectivity index (χ0) is 23.8. The molecule has 33 heavy (non-hydrogen) atoms. The van der Waals surface area contributed by atoms with Crippen molar-refractivity contribution < 1.29 is 23.7 Å². The SMILES string of the molecule is Cn1ccnc1C(=O)N1CCCC1C1=NC(C(=O)NCc2ccc(F)cc2)=C(O)C[N+]1(C)[O-]. The number of aromatic nitrogens is 2. The van der Waals surface area contributed by atoms with E-state index in [4.69, 9.17) is 0 Å². The monoisotopic (exact) mass is 456 g/mol. The summed E-state index contributed by atoms with van der Waals surface area (Å²) in [5, 5.41) is 26.3. The van der Waals surface area contributed by atoms with Gasteiger partial charge in [-0.25, -0.2) is 9.37 Å². The van der Waals surface area contributed by atoms with Crippen LogP contribution in [-0.4, -0.2) is 68.0 Å². The van der Waals surface area contributed by atoms with Crippen molar-refractivity contribution in [2.75, 3.05) is 20.1 Å². The first kappa shape index (κ1) is 22.6. The van der Waals surface area contributed by atoms with Crippen molar-refractivity contribution in [2.45, 2.75) is 25.4 Å². The molecule has 2 aliphatic heterocycles. The van der Waals surface area contributed by atoms with E-state index in [0.717, 1.165) is 0 Å². The number of carbonyl (C=O) groups excluding carboxylic acids is 2. The average Bonchev–Trinajstić information content (AvgIpc) is 3.41. The fourth-order valence-corrected chi connectivity index (χ4v) is 4.14. The summed E-state index contributed by atoms with van der Waals surface area (Å²) >= 11 is 0. The van der Waals surface area contributed by atoms with Crippen molar-refractivity contribution in [3.8, 4) is 0 Å². The number of hydroxylamine groups is 3. The zero-order valence-electron chi connectivity index (χ0n) is 18.4. The van der Waals surface area contributed by atoms with E-state index < -0.39 is 22.4 Å². The minimum Gasteiger partial charge on any atom is -0.626 e. The van der Waals surface area contributed by atoms with Crippen LogP contribution >= 0.6 is 0 Å². The van der Waals surface area contributed by atoms with Crippen LogP contribution in [0.5, 0.6) is 0 Å². The van der Waals surface area contributed by atoms with E-state index in [1.54, 1.807) is 22.7 Å². The zero-order valence-corrected chi connectivity index (χ0v) is 18.4. The molecule has 0 aliphatic carbocycles. The Balaban J connectivity index is 1.57. The van der Waals surface area contributed by atoms with E-state index in [1.165, 1.54) is 37.5 Å². The summed E-state index contributed by atoms with van der Waals surface area (Å²) in [6, 6.07) is 5.01. The maximum atomic E-state index is 13.2. The van der Waals surface area contributed by atoms with Crippen LogP contribution < -0.4 is 5.32 Å². The van der Waals surface area contributed by atoms with Gasteiger partial charge in [0.05, 0.1) is 7.05 Å². The van der Waals surface area contributed by atoms with Crippen molar-refractivity contribution in [3.63, 3.8) is 0 Å². The van der Waals surface area contributed by atoms with E-state index in [9.17, 15) is 24.3 Å². The second kappa shape index (κ2) is 8.75. The van der Waals surface area contributed by atoms with Gasteiger partial charge in [0, 0.05) is 32.5 Å². The second-order valence-electron chi connectivity index (χ2n) is 8.35. The van der Waals surface area contributed by atoms with Gasteiger partial charge in [0.25, 0.3) is 11.8 Å². The minimum absolute atomic E-state index is 0.0831. The van der Waals surface area contributed by atoms with Crippen LogP contribution in [0.15, 0.2) is 53.1 Å². The topological polar surface area (TPSA) is 123 Å². The van der Waals surface area contributed by atoms with Gasteiger partial charge in [-0.3, -0.25) is 9.59 Å². The molecule has 0 spiro atoms. The number of imidazole rings is 1. The Bertz CT molecular complexity index is 1140. The molecule has 2 unspecified atom stereocenters. The number of amidine groups is 1. The number of nitrogens with one attached hydrogen (secondary N) is 1. The number of aliphatic hydroxyl groups is 1. The highest BCUT2D eigenvalue weighted by Gasteiger charge is 2.43. The fraction of sp³-hybridized carbons (Fsp3) is 0.364. The first-order chi connectivity index (χ1) is 15.7. The highest BCUT2D eigenvalue weighted by atomic mass is 19.1. The van der Waals surface area contributed by atoms with Crippen LogP contribution in [0.25, 0.3) is 0 Å². The molecule has 11 heteroatoms. The molecule has 2 aromatic rings. The lowest BCUT2D eigenvalue weighted by Gasteiger charge is -2.43. The molecule has 0 saturated carbocycles. The van der Waals surface area contributed by atoms with Gasteiger partial charge in [-0.2, -0.15) is 4.99 Å². The largest absolute Gasteiger partial charge is 0.626 e. The molecule has 174 valence electrons. The number of likely N-dealkylation sites (tertiary alicyclic amines) is 1. The van der Waals surface area contributed by atoms with Gasteiger partial charge in [0.15, 0.2) is 17.3 Å². The van der Waals surface area contributed by atoms with Crippen LogP contribution in [0.2, 0.25) is 0 Å². The number of nitrogens with zero attached hydrogens (tertiary/aromatic N) is 5. The summed E-state index contributed by atoms with van der Waals surface area (Å²) in [6.45, 7) is 0.147. The van der Waals surface area contributed by atoms with Gasteiger partial charge in [-0.05, 0) is 30.5 Å². The molecular weight excluding hydrogens is 431 g/mol. The molecule has 0 bridgehead atoms. The molecule has 3 heterocycles. The van der Waals surface area contributed by atoms with E-state index in [2.05, 4.69) is 15.3 Å². The van der Waals surface area contributed by atoms with Crippen molar-refractivity contribution in [2.24, 2.45) is 12.0 Å². The van der Waals surface area contributed by atoms with Gasteiger partial charge in [0.2, 0.25) is 5.84 Å². The lowest BCUT2D eigenvalue weighted by molar-refractivity contribution is -0.766. The number of quaternary nitrogens is 1. The van der Waals surface area contributed by atoms with Crippen LogP contribution in [0, 0.1) is 11.0 Å². The molecule has 10 nitrogen and oxygen atoms in total. The molecule has 1 saturated heterocycles. The molecule has 1 aromatic carbocycles. The van der Waals surface area contributed by atoms with Gasteiger partial charge in [-0.15, -0.1) is 0 Å². The predicted octanol–water partition coefficient (Wildman–Crippen LogP) is 1.61. The maximum absolute atomic E-state index is 13.2. The number of hydrogen-bond acceptors (Lipinski definition) is 6. The fourth-order valence-electron chi connectivity index (χ4n) is 4.14. The van der Waals surface area contributed by atoms with Crippen molar-refractivity contribution in [1.82, 2.24) is 19.8 Å². The summed E-state index contributed by atoms with van der Waals surface area (Å²) in [5.74, 6) is -1.47. The third kappa shape index (κ3) is 4.50. The summed E-state index contributed by atoms with van der Waals surface area (Å²) in [4.78, 5) is 35.7. The summed E-state index contributed by atoms with van der Waals surface area (Å²) in [6.07, 6.45) is 4.36. The van der Waals surface area contributed by atoms with Gasteiger partial charge in [0.1, 0.15) is 18.4 Å². The quantitative estimate of drug-likeness (QED) is 0.523. The smallest absolute Gasteiger partial charge is 0.290 e. The number of likely N-dealkylation sites (N-methyl/N-ethyl adjacent to an activating group) is 1. The molecule has 2 amide bonds. The van der Waals surface area contributed by atoms with Crippen LogP contribution in [0.1, 0.15) is 29.0 Å². The average molecular weight is 456 g/mol. The number of benzene rings is 1. The van der Waals surface area contributed by atoms with Crippen molar-refractivity contribution in [1.29, 1.82) is 0 Å². The molecule has 4 rings (SSSR count). The molecule has 1 fully saturated rings. The molecule has 0 radical (unpaired) electrons. The third-order valence-corrected chi connectivity index (χ3v) is 5.84. The van der Waals surface area contributed by atoms with Crippen LogP contribution in [-0.2, 0) is 18.4 Å². The first-order valence-electron chi connectivity index (χ1n) is 10.6. The Hall–Kier alpha value is -3.57. The Kier molecular flexibility index (Phi) is 6.00. The number of carbonyl (C=O) groups is 2.